The lowest BCUT2D eigenvalue weighted by atomic mass is 9.75. The molecule has 1 fully saturated rings. The number of nitrogens with two attached hydrogens (primary N) is 1. The summed E-state index contributed by atoms with van der Waals surface area (Å²) < 4.78 is 5.09. The van der Waals surface area contributed by atoms with E-state index in [2.05, 4.69) is 4.98 Å². The third-order valence-electron chi connectivity index (χ3n) is 3.85. The van der Waals surface area contributed by atoms with Crippen molar-refractivity contribution in [1.82, 2.24) is 9.88 Å². The molecule has 2 N–H and O–H groups in total. The second-order valence-electron chi connectivity index (χ2n) is 5.52. The zero-order valence-electron chi connectivity index (χ0n) is 12.0. The van der Waals surface area contributed by atoms with Gasteiger partial charge in [0.05, 0.1) is 18.8 Å². The van der Waals surface area contributed by atoms with Gasteiger partial charge in [-0.25, -0.2) is 0 Å². The number of methoxy groups -OCH3 is 1. The lowest BCUT2D eigenvalue weighted by Crippen LogP contribution is -2.50. The monoisotopic (exact) mass is 277 g/mol. The Morgan fingerprint density at radius 1 is 1.50 bits per heavy atom. The van der Waals surface area contributed by atoms with Crippen molar-refractivity contribution in [2.45, 2.75) is 37.8 Å². The highest BCUT2D eigenvalue weighted by Crippen LogP contribution is 2.32. The molecule has 1 heterocycles. The molecule has 1 aromatic heterocycles. The Labute approximate surface area is 120 Å². The maximum Gasteiger partial charge on any atom is 0.224 e. The first-order valence-electron chi connectivity index (χ1n) is 7.08. The molecule has 20 heavy (non-hydrogen) atoms. The van der Waals surface area contributed by atoms with Crippen molar-refractivity contribution in [1.29, 1.82) is 0 Å². The largest absolute Gasteiger partial charge is 0.383 e. The molecule has 1 aromatic rings. The zero-order chi connectivity index (χ0) is 14.4. The third-order valence-corrected chi connectivity index (χ3v) is 3.85. The fourth-order valence-electron chi connectivity index (χ4n) is 2.40. The Kier molecular flexibility index (Phi) is 5.09. The van der Waals surface area contributed by atoms with Crippen molar-refractivity contribution in [2.75, 3.05) is 20.3 Å². The van der Waals surface area contributed by atoms with Crippen molar-refractivity contribution in [3.8, 4) is 0 Å². The number of nitrogens with zero attached hydrogens (tertiary/aromatic N) is 2. The molecule has 0 aromatic carbocycles. The number of carbonyl (C=O) groups excluding carboxylic acids is 1. The average Bonchev–Trinajstić information content (AvgIpc) is 2.42. The number of amides is 1. The minimum atomic E-state index is -0.285. The van der Waals surface area contributed by atoms with Crippen LogP contribution in [0.25, 0.3) is 0 Å². The van der Waals surface area contributed by atoms with Crippen molar-refractivity contribution >= 4 is 5.91 Å². The van der Waals surface area contributed by atoms with Crippen LogP contribution in [0, 0.1) is 0 Å². The van der Waals surface area contributed by atoms with Gasteiger partial charge >= 0.3 is 0 Å². The van der Waals surface area contributed by atoms with Gasteiger partial charge in [-0.1, -0.05) is 6.07 Å². The van der Waals surface area contributed by atoms with Crippen LogP contribution >= 0.6 is 0 Å². The highest BCUT2D eigenvalue weighted by Gasteiger charge is 2.35. The zero-order valence-corrected chi connectivity index (χ0v) is 12.0. The van der Waals surface area contributed by atoms with E-state index in [1.54, 1.807) is 18.2 Å². The van der Waals surface area contributed by atoms with E-state index in [0.717, 1.165) is 25.0 Å². The van der Waals surface area contributed by atoms with E-state index in [-0.39, 0.29) is 11.4 Å². The molecule has 110 valence electrons. The van der Waals surface area contributed by atoms with Crippen LogP contribution in [-0.2, 0) is 16.1 Å². The molecular formula is C15H23N3O2. The normalized spacial score (nSPS) is 16.5. The van der Waals surface area contributed by atoms with E-state index in [4.69, 9.17) is 10.5 Å². The van der Waals surface area contributed by atoms with Crippen LogP contribution in [0.5, 0.6) is 0 Å². The van der Waals surface area contributed by atoms with Crippen LogP contribution in [0.1, 0.15) is 31.4 Å². The Balaban J connectivity index is 1.96. The third kappa shape index (κ3) is 4.02. The maximum absolute atomic E-state index is 12.4. The second kappa shape index (κ2) is 6.81. The number of hydrogen-bond donors (Lipinski definition) is 1. The van der Waals surface area contributed by atoms with Crippen molar-refractivity contribution < 1.29 is 9.53 Å². The van der Waals surface area contributed by atoms with Gasteiger partial charge in [0.15, 0.2) is 0 Å². The standard InChI is InChI=1S/C15H23N3O2/c1-20-10-9-18(12-13-5-2-3-8-17-13)14(19)11-15(16)6-4-7-15/h2-3,5,8H,4,6-7,9-12,16H2,1H3. The summed E-state index contributed by atoms with van der Waals surface area (Å²) in [6.45, 7) is 1.61. The molecule has 1 aliphatic carbocycles. The van der Waals surface area contributed by atoms with Gasteiger partial charge < -0.3 is 15.4 Å². The summed E-state index contributed by atoms with van der Waals surface area (Å²) in [4.78, 5) is 18.5. The summed E-state index contributed by atoms with van der Waals surface area (Å²) in [6.07, 6.45) is 5.18. The van der Waals surface area contributed by atoms with Gasteiger partial charge in [0.2, 0.25) is 5.91 Å². The summed E-state index contributed by atoms with van der Waals surface area (Å²) in [5.74, 6) is 0.0925. The predicted octanol–water partition coefficient (Wildman–Crippen LogP) is 1.33. The number of rotatable bonds is 7. The number of aromatic nitrogens is 1. The highest BCUT2D eigenvalue weighted by molar-refractivity contribution is 5.77. The van der Waals surface area contributed by atoms with Crippen LogP contribution < -0.4 is 5.73 Å². The minimum absolute atomic E-state index is 0.0925. The Morgan fingerprint density at radius 3 is 2.85 bits per heavy atom. The molecule has 1 aliphatic rings. The van der Waals surface area contributed by atoms with Crippen LogP contribution in [0.4, 0.5) is 0 Å². The Morgan fingerprint density at radius 2 is 2.30 bits per heavy atom. The first-order chi connectivity index (χ1) is 9.63. The summed E-state index contributed by atoms with van der Waals surface area (Å²) in [5.41, 5.74) is 6.77. The molecule has 0 saturated heterocycles. The van der Waals surface area contributed by atoms with Crippen LogP contribution in [0.3, 0.4) is 0 Å². The van der Waals surface area contributed by atoms with Crippen LogP contribution in [0.15, 0.2) is 24.4 Å². The second-order valence-corrected chi connectivity index (χ2v) is 5.52. The Bertz CT molecular complexity index is 432. The van der Waals surface area contributed by atoms with Crippen LogP contribution in [-0.4, -0.2) is 41.6 Å². The number of ether oxygens (including phenoxy) is 1. The first kappa shape index (κ1) is 14.9. The summed E-state index contributed by atoms with van der Waals surface area (Å²) >= 11 is 0. The van der Waals surface area contributed by atoms with E-state index in [0.29, 0.717) is 26.1 Å². The predicted molar refractivity (Wildman–Crippen MR) is 76.9 cm³/mol. The topological polar surface area (TPSA) is 68.5 Å². The Hall–Kier alpha value is -1.46. The molecule has 0 atom stereocenters. The fourth-order valence-corrected chi connectivity index (χ4v) is 2.40. The first-order valence-corrected chi connectivity index (χ1v) is 7.08. The highest BCUT2D eigenvalue weighted by atomic mass is 16.5. The van der Waals surface area contributed by atoms with E-state index < -0.39 is 0 Å². The SMILES string of the molecule is COCCN(Cc1ccccn1)C(=O)CC1(N)CCC1. The molecule has 1 saturated carbocycles. The maximum atomic E-state index is 12.4. The molecular weight excluding hydrogens is 254 g/mol. The summed E-state index contributed by atoms with van der Waals surface area (Å²) in [6, 6.07) is 5.72. The van der Waals surface area contributed by atoms with E-state index >= 15 is 0 Å². The lowest BCUT2D eigenvalue weighted by molar-refractivity contribution is -0.134. The van der Waals surface area contributed by atoms with Gasteiger partial charge in [-0.15, -0.1) is 0 Å². The molecule has 0 spiro atoms. The van der Waals surface area contributed by atoms with Crippen molar-refractivity contribution in [3.63, 3.8) is 0 Å². The number of pyridine rings is 1. The fraction of sp³-hybridized carbons (Fsp3) is 0.600. The summed E-state index contributed by atoms with van der Waals surface area (Å²) in [5, 5.41) is 0. The quantitative estimate of drug-likeness (QED) is 0.816. The number of hydrogen-bond acceptors (Lipinski definition) is 4. The average molecular weight is 277 g/mol. The van der Waals surface area contributed by atoms with E-state index in [1.165, 1.54) is 0 Å². The van der Waals surface area contributed by atoms with E-state index in [9.17, 15) is 4.79 Å². The van der Waals surface area contributed by atoms with E-state index in [1.807, 2.05) is 18.2 Å². The van der Waals surface area contributed by atoms with Gasteiger partial charge in [-0.2, -0.15) is 0 Å². The van der Waals surface area contributed by atoms with Gasteiger partial charge in [-0.3, -0.25) is 9.78 Å². The number of carbonyl (C=O) groups is 1. The molecule has 2 rings (SSSR count). The van der Waals surface area contributed by atoms with Crippen molar-refractivity contribution in [2.24, 2.45) is 5.73 Å². The summed E-state index contributed by atoms with van der Waals surface area (Å²) in [7, 11) is 1.64. The van der Waals surface area contributed by atoms with Crippen LogP contribution in [0.2, 0.25) is 0 Å². The van der Waals surface area contributed by atoms with Gasteiger partial charge in [-0.05, 0) is 31.4 Å². The molecule has 0 bridgehead atoms. The van der Waals surface area contributed by atoms with Gasteiger partial charge in [0, 0.05) is 31.8 Å². The van der Waals surface area contributed by atoms with Gasteiger partial charge in [0.1, 0.15) is 0 Å². The lowest BCUT2D eigenvalue weighted by Gasteiger charge is -2.39. The molecule has 1 amide bonds. The van der Waals surface area contributed by atoms with Gasteiger partial charge in [0.25, 0.3) is 0 Å². The smallest absolute Gasteiger partial charge is 0.224 e. The van der Waals surface area contributed by atoms with Crippen molar-refractivity contribution in [3.05, 3.63) is 30.1 Å². The molecule has 5 nitrogen and oxygen atoms in total. The molecule has 0 unspecified atom stereocenters. The molecule has 0 aliphatic heterocycles. The molecule has 0 radical (unpaired) electrons. The molecule has 5 heteroatoms. The minimum Gasteiger partial charge on any atom is -0.383 e.